The van der Waals surface area contributed by atoms with Gasteiger partial charge < -0.3 is 14.6 Å². The van der Waals surface area contributed by atoms with Crippen molar-refractivity contribution < 1.29 is 19.4 Å². The molecule has 2 aromatic rings. The number of aryl methyl sites for hydroxylation is 1. The van der Waals surface area contributed by atoms with Crippen molar-refractivity contribution in [3.05, 3.63) is 59.7 Å². The number of aromatic hydroxyl groups is 1. The van der Waals surface area contributed by atoms with Gasteiger partial charge in [0.05, 0.1) is 5.69 Å². The van der Waals surface area contributed by atoms with Crippen LogP contribution in [0.15, 0.2) is 58.8 Å². The highest BCUT2D eigenvalue weighted by Crippen LogP contribution is 2.41. The molecule has 0 aliphatic heterocycles. The Bertz CT molecular complexity index is 910. The Morgan fingerprint density at radius 3 is 2.34 bits per heavy atom. The van der Waals surface area contributed by atoms with Crippen molar-refractivity contribution in [2.24, 2.45) is 10.2 Å². The van der Waals surface area contributed by atoms with E-state index < -0.39 is 5.97 Å². The summed E-state index contributed by atoms with van der Waals surface area (Å²) in [6.07, 6.45) is 0. The van der Waals surface area contributed by atoms with E-state index in [0.29, 0.717) is 28.3 Å². The highest BCUT2D eigenvalue weighted by atomic mass is 16.6. The van der Waals surface area contributed by atoms with Gasteiger partial charge in [-0.25, -0.2) is 4.79 Å². The second-order valence-electron chi connectivity index (χ2n) is 7.89. The number of hydrogen-bond acceptors (Lipinski definition) is 6. The molecule has 29 heavy (non-hydrogen) atoms. The first-order valence-corrected chi connectivity index (χ1v) is 9.39. The fraction of sp³-hybridized carbons (Fsp3) is 0.348. The number of rotatable bonds is 7. The van der Waals surface area contributed by atoms with Crippen molar-refractivity contribution in [3.8, 4) is 11.5 Å². The smallest absolute Gasteiger partial charge is 0.333 e. The first-order valence-electron chi connectivity index (χ1n) is 9.39. The lowest BCUT2D eigenvalue weighted by molar-refractivity contribution is -0.139. The molecule has 154 valence electrons. The van der Waals surface area contributed by atoms with E-state index in [-0.39, 0.29) is 24.4 Å². The molecule has 0 atom stereocenters. The molecular formula is C23H28N2O4. The van der Waals surface area contributed by atoms with E-state index in [1.807, 2.05) is 52.0 Å². The van der Waals surface area contributed by atoms with Gasteiger partial charge in [-0.2, -0.15) is 5.11 Å². The van der Waals surface area contributed by atoms with Crippen LogP contribution in [0.5, 0.6) is 11.5 Å². The molecule has 0 saturated carbocycles. The average molecular weight is 396 g/mol. The van der Waals surface area contributed by atoms with Crippen LogP contribution in [0.4, 0.5) is 11.4 Å². The van der Waals surface area contributed by atoms with E-state index in [1.165, 1.54) is 0 Å². The summed E-state index contributed by atoms with van der Waals surface area (Å²) in [4.78, 5) is 11.4. The SMILES string of the molecule is C=C(C)C(=O)OCCOc1cc(N=Nc2ccc(C)cc2)c(O)c(C(C)(C)C)c1. The minimum atomic E-state index is -0.456. The fourth-order valence-corrected chi connectivity index (χ4v) is 2.46. The van der Waals surface area contributed by atoms with Crippen LogP contribution in [-0.4, -0.2) is 24.3 Å². The highest BCUT2D eigenvalue weighted by molar-refractivity contribution is 5.86. The summed E-state index contributed by atoms with van der Waals surface area (Å²) < 4.78 is 10.8. The van der Waals surface area contributed by atoms with Crippen LogP contribution >= 0.6 is 0 Å². The maximum Gasteiger partial charge on any atom is 0.333 e. The van der Waals surface area contributed by atoms with E-state index in [9.17, 15) is 9.90 Å². The van der Waals surface area contributed by atoms with Gasteiger partial charge in [0.15, 0.2) is 0 Å². The van der Waals surface area contributed by atoms with Crippen molar-refractivity contribution in [2.45, 2.75) is 40.0 Å². The summed E-state index contributed by atoms with van der Waals surface area (Å²) in [5.74, 6) is 0.119. The quantitative estimate of drug-likeness (QED) is 0.273. The van der Waals surface area contributed by atoms with Gasteiger partial charge in [-0.15, -0.1) is 5.11 Å². The Labute approximate surface area is 171 Å². The number of phenols is 1. The molecule has 0 aliphatic rings. The minimum Gasteiger partial charge on any atom is -0.505 e. The summed E-state index contributed by atoms with van der Waals surface area (Å²) in [6, 6.07) is 11.0. The molecule has 0 fully saturated rings. The van der Waals surface area contributed by atoms with Gasteiger partial charge in [-0.05, 0) is 37.5 Å². The number of esters is 1. The molecule has 6 heteroatoms. The summed E-state index contributed by atoms with van der Waals surface area (Å²) in [6.45, 7) is 13.3. The molecule has 0 radical (unpaired) electrons. The van der Waals surface area contributed by atoms with Gasteiger partial charge in [0.2, 0.25) is 0 Å². The minimum absolute atomic E-state index is 0.0643. The molecule has 2 aromatic carbocycles. The zero-order valence-corrected chi connectivity index (χ0v) is 17.7. The second-order valence-corrected chi connectivity index (χ2v) is 7.89. The van der Waals surface area contributed by atoms with E-state index in [0.717, 1.165) is 5.56 Å². The summed E-state index contributed by atoms with van der Waals surface area (Å²) in [5, 5.41) is 19.1. The Morgan fingerprint density at radius 2 is 1.76 bits per heavy atom. The summed E-state index contributed by atoms with van der Waals surface area (Å²) >= 11 is 0. The van der Waals surface area contributed by atoms with E-state index in [1.54, 1.807) is 19.1 Å². The zero-order valence-electron chi connectivity index (χ0n) is 17.7. The van der Waals surface area contributed by atoms with Gasteiger partial charge in [-0.3, -0.25) is 0 Å². The molecule has 0 aromatic heterocycles. The average Bonchev–Trinajstić information content (AvgIpc) is 2.65. The number of carbonyl (C=O) groups excluding carboxylic acids is 1. The van der Waals surface area contributed by atoms with Crippen LogP contribution in [0, 0.1) is 6.92 Å². The standard InChI is InChI=1S/C23H28N2O4/c1-15(2)22(27)29-12-11-28-18-13-19(23(4,5)6)21(26)20(14-18)25-24-17-9-7-16(3)8-10-17/h7-10,13-14,26H,1,11-12H2,2-6H3. The number of benzene rings is 2. The van der Waals surface area contributed by atoms with Crippen molar-refractivity contribution in [3.63, 3.8) is 0 Å². The Morgan fingerprint density at radius 1 is 1.10 bits per heavy atom. The highest BCUT2D eigenvalue weighted by Gasteiger charge is 2.22. The van der Waals surface area contributed by atoms with Crippen molar-refractivity contribution in [1.29, 1.82) is 0 Å². The van der Waals surface area contributed by atoms with Crippen LogP contribution in [0.2, 0.25) is 0 Å². The van der Waals surface area contributed by atoms with Crippen LogP contribution in [0.25, 0.3) is 0 Å². The third-order valence-corrected chi connectivity index (χ3v) is 4.11. The Balaban J connectivity index is 2.23. The molecule has 0 heterocycles. The third-order valence-electron chi connectivity index (χ3n) is 4.11. The molecule has 1 N–H and O–H groups in total. The number of phenolic OH excluding ortho intramolecular Hbond substituents is 1. The number of azo groups is 1. The molecule has 0 bridgehead atoms. The predicted octanol–water partition coefficient (Wildman–Crippen LogP) is 5.91. The molecule has 0 unspecified atom stereocenters. The number of carbonyl (C=O) groups is 1. The lowest BCUT2D eigenvalue weighted by Gasteiger charge is -2.22. The molecule has 0 amide bonds. The van der Waals surface area contributed by atoms with Gasteiger partial charge in [0.1, 0.15) is 30.4 Å². The third kappa shape index (κ3) is 6.45. The molecule has 2 rings (SSSR count). The topological polar surface area (TPSA) is 80.5 Å². The second kappa shape index (κ2) is 9.37. The van der Waals surface area contributed by atoms with Gasteiger partial charge in [0.25, 0.3) is 0 Å². The maximum absolute atomic E-state index is 11.4. The number of nitrogens with zero attached hydrogens (tertiary/aromatic N) is 2. The zero-order chi connectivity index (χ0) is 21.6. The lowest BCUT2D eigenvalue weighted by Crippen LogP contribution is -2.14. The van der Waals surface area contributed by atoms with Gasteiger partial charge >= 0.3 is 5.97 Å². The first-order chi connectivity index (χ1) is 13.6. The van der Waals surface area contributed by atoms with Crippen LogP contribution < -0.4 is 4.74 Å². The fourth-order valence-electron chi connectivity index (χ4n) is 2.46. The lowest BCUT2D eigenvalue weighted by atomic mass is 9.86. The monoisotopic (exact) mass is 396 g/mol. The molecule has 0 saturated heterocycles. The van der Waals surface area contributed by atoms with Crippen LogP contribution in [-0.2, 0) is 14.9 Å². The maximum atomic E-state index is 11.4. The number of ether oxygens (including phenoxy) is 2. The molecular weight excluding hydrogens is 368 g/mol. The summed E-state index contributed by atoms with van der Waals surface area (Å²) in [7, 11) is 0. The molecule has 0 spiro atoms. The normalized spacial score (nSPS) is 11.5. The van der Waals surface area contributed by atoms with Crippen LogP contribution in [0.1, 0.15) is 38.8 Å². The first kappa shape index (κ1) is 22.1. The largest absolute Gasteiger partial charge is 0.505 e. The van der Waals surface area contributed by atoms with E-state index in [2.05, 4.69) is 16.8 Å². The van der Waals surface area contributed by atoms with E-state index >= 15 is 0 Å². The molecule has 0 aliphatic carbocycles. The van der Waals surface area contributed by atoms with Crippen molar-refractivity contribution in [1.82, 2.24) is 0 Å². The Hall–Kier alpha value is -3.15. The predicted molar refractivity (Wildman–Crippen MR) is 113 cm³/mol. The van der Waals surface area contributed by atoms with Gasteiger partial charge in [-0.1, -0.05) is 45.0 Å². The van der Waals surface area contributed by atoms with Crippen LogP contribution in [0.3, 0.4) is 0 Å². The van der Waals surface area contributed by atoms with Gasteiger partial charge in [0, 0.05) is 17.2 Å². The Kier molecular flexibility index (Phi) is 7.15. The number of hydrogen-bond donors (Lipinski definition) is 1. The van der Waals surface area contributed by atoms with E-state index in [4.69, 9.17) is 9.47 Å². The van der Waals surface area contributed by atoms with Crippen molar-refractivity contribution >= 4 is 17.3 Å². The summed E-state index contributed by atoms with van der Waals surface area (Å²) in [5.41, 5.74) is 2.82. The van der Waals surface area contributed by atoms with Crippen molar-refractivity contribution in [2.75, 3.05) is 13.2 Å². The molecule has 6 nitrogen and oxygen atoms in total.